The Morgan fingerprint density at radius 1 is 1.14 bits per heavy atom. The maximum Gasteiger partial charge on any atom is 0.375 e. The number of aromatic nitrogens is 3. The Morgan fingerprint density at radius 3 is 2.62 bits per heavy atom. The quantitative estimate of drug-likeness (QED) is 0.586. The summed E-state index contributed by atoms with van der Waals surface area (Å²) in [6, 6.07) is 10.00. The van der Waals surface area contributed by atoms with Crippen LogP contribution in [-0.4, -0.2) is 37.3 Å². The van der Waals surface area contributed by atoms with Crippen LogP contribution in [0.2, 0.25) is 10.0 Å². The first-order valence-corrected chi connectivity index (χ1v) is 9.59. The van der Waals surface area contributed by atoms with E-state index in [4.69, 9.17) is 28.3 Å². The molecule has 29 heavy (non-hydrogen) atoms. The maximum absolute atomic E-state index is 12.3. The highest BCUT2D eigenvalue weighted by Crippen LogP contribution is 2.35. The number of carboxylic acids is 1. The fourth-order valence-electron chi connectivity index (χ4n) is 2.46. The molecule has 0 spiro atoms. The molecule has 0 aliphatic carbocycles. The van der Waals surface area contributed by atoms with Gasteiger partial charge in [-0.1, -0.05) is 35.3 Å². The van der Waals surface area contributed by atoms with Crippen LogP contribution >= 0.6 is 35.0 Å². The summed E-state index contributed by atoms with van der Waals surface area (Å²) in [5.74, 6) is -2.00. The van der Waals surface area contributed by atoms with Crippen molar-refractivity contribution >= 4 is 74.8 Å². The Kier molecular flexibility index (Phi) is 5.18. The first kappa shape index (κ1) is 19.3. The number of benzene rings is 2. The largest absolute Gasteiger partial charge is 0.475 e. The van der Waals surface area contributed by atoms with Gasteiger partial charge in [0.25, 0.3) is 11.7 Å². The predicted molar refractivity (Wildman–Crippen MR) is 112 cm³/mol. The molecule has 0 bridgehead atoms. The molecule has 1 amide bonds. The number of fused-ring (bicyclic) bond motifs is 1. The summed E-state index contributed by atoms with van der Waals surface area (Å²) >= 11 is 13.4. The molecule has 0 radical (unpaired) electrons. The van der Waals surface area contributed by atoms with E-state index in [1.807, 2.05) is 0 Å². The number of halogens is 2. The molecule has 2 aromatic carbocycles. The van der Waals surface area contributed by atoms with Gasteiger partial charge >= 0.3 is 5.97 Å². The van der Waals surface area contributed by atoms with E-state index in [2.05, 4.69) is 25.5 Å². The highest BCUT2D eigenvalue weighted by Gasteiger charge is 2.24. The lowest BCUT2D eigenvalue weighted by molar-refractivity contribution is -0.115. The molecule has 4 rings (SSSR count). The summed E-state index contributed by atoms with van der Waals surface area (Å²) < 4.78 is 0. The molecule has 1 aliphatic heterocycles. The third-order valence-electron chi connectivity index (χ3n) is 3.77. The molecule has 144 valence electrons. The maximum atomic E-state index is 12.3. The number of aliphatic imine (C=N–C) groups is 1. The normalized spacial score (nSPS) is 16.6. The predicted octanol–water partition coefficient (Wildman–Crippen LogP) is 3.92. The summed E-state index contributed by atoms with van der Waals surface area (Å²) in [5.41, 5.74) is 1.81. The Labute approximate surface area is 177 Å². The number of amides is 1. The van der Waals surface area contributed by atoms with Crippen LogP contribution < -0.4 is 5.32 Å². The summed E-state index contributed by atoms with van der Waals surface area (Å²) in [6.07, 6.45) is 1.64. The monoisotopic (exact) mass is 445 g/mol. The SMILES string of the molecule is O=C1NC(=Nc2c(Cl)cccc2Cl)SC1=Cc1ccc2nnc(C(=O)O)nc2c1. The number of aromatic carboxylic acids is 1. The van der Waals surface area contributed by atoms with Crippen molar-refractivity contribution in [2.45, 2.75) is 0 Å². The van der Waals surface area contributed by atoms with Crippen molar-refractivity contribution in [3.63, 3.8) is 0 Å². The van der Waals surface area contributed by atoms with Gasteiger partial charge in [0.05, 0.1) is 20.5 Å². The molecule has 1 saturated heterocycles. The molecule has 3 aromatic rings. The third kappa shape index (κ3) is 4.07. The van der Waals surface area contributed by atoms with Crippen LogP contribution in [0.5, 0.6) is 0 Å². The summed E-state index contributed by atoms with van der Waals surface area (Å²) in [7, 11) is 0. The van der Waals surface area contributed by atoms with Crippen LogP contribution in [0.15, 0.2) is 46.3 Å². The van der Waals surface area contributed by atoms with E-state index in [1.165, 1.54) is 0 Å². The number of hydrogen-bond donors (Lipinski definition) is 2. The summed E-state index contributed by atoms with van der Waals surface area (Å²) in [5, 5.41) is 20.1. The van der Waals surface area contributed by atoms with Gasteiger partial charge in [-0.05, 0) is 47.7 Å². The van der Waals surface area contributed by atoms with E-state index in [-0.39, 0.29) is 5.91 Å². The number of thioether (sulfide) groups is 1. The number of para-hydroxylation sites is 1. The van der Waals surface area contributed by atoms with E-state index in [0.29, 0.717) is 42.4 Å². The Bertz CT molecular complexity index is 1230. The van der Waals surface area contributed by atoms with Gasteiger partial charge in [0, 0.05) is 0 Å². The fourth-order valence-corrected chi connectivity index (χ4v) is 3.77. The van der Waals surface area contributed by atoms with Gasteiger partial charge in [0.1, 0.15) is 11.2 Å². The minimum Gasteiger partial charge on any atom is -0.475 e. The Morgan fingerprint density at radius 2 is 1.90 bits per heavy atom. The molecule has 0 atom stereocenters. The standard InChI is InChI=1S/C18H9Cl2N5O3S/c19-9-2-1-3-10(20)14(9)22-18-23-16(26)13(29-18)7-8-4-5-11-12(6-8)21-15(17(27)28)25-24-11/h1-7H,(H,27,28)(H,22,23,26). The van der Waals surface area contributed by atoms with Crippen molar-refractivity contribution in [3.05, 3.63) is 62.7 Å². The van der Waals surface area contributed by atoms with Crippen molar-refractivity contribution in [1.29, 1.82) is 0 Å². The zero-order chi connectivity index (χ0) is 20.5. The van der Waals surface area contributed by atoms with Crippen LogP contribution in [-0.2, 0) is 4.79 Å². The zero-order valence-electron chi connectivity index (χ0n) is 14.3. The smallest absolute Gasteiger partial charge is 0.375 e. The number of carbonyl (C=O) groups is 2. The average Bonchev–Trinajstić information content (AvgIpc) is 3.03. The molecule has 2 heterocycles. The number of amidine groups is 1. The number of rotatable bonds is 3. The molecule has 1 fully saturated rings. The van der Waals surface area contributed by atoms with Crippen molar-refractivity contribution in [2.24, 2.45) is 4.99 Å². The number of nitrogens with one attached hydrogen (secondary N) is 1. The van der Waals surface area contributed by atoms with Gasteiger partial charge in [-0.3, -0.25) is 4.79 Å². The van der Waals surface area contributed by atoms with Gasteiger partial charge in [-0.25, -0.2) is 14.8 Å². The first-order valence-electron chi connectivity index (χ1n) is 8.02. The highest BCUT2D eigenvalue weighted by molar-refractivity contribution is 8.18. The lowest BCUT2D eigenvalue weighted by Gasteiger charge is -2.01. The van der Waals surface area contributed by atoms with Crippen molar-refractivity contribution in [3.8, 4) is 0 Å². The van der Waals surface area contributed by atoms with Gasteiger partial charge in [0.15, 0.2) is 5.17 Å². The lowest BCUT2D eigenvalue weighted by Crippen LogP contribution is -2.19. The van der Waals surface area contributed by atoms with Crippen molar-refractivity contribution < 1.29 is 14.7 Å². The molecule has 2 N–H and O–H groups in total. The van der Waals surface area contributed by atoms with Gasteiger partial charge < -0.3 is 10.4 Å². The van der Waals surface area contributed by atoms with Crippen LogP contribution in [0, 0.1) is 0 Å². The molecule has 11 heteroatoms. The third-order valence-corrected chi connectivity index (χ3v) is 5.29. The number of nitrogens with zero attached hydrogens (tertiary/aromatic N) is 4. The number of carboxylic acid groups (broad SMARTS) is 1. The molecule has 1 aliphatic rings. The molecule has 0 saturated carbocycles. The molecular formula is C18H9Cl2N5O3S. The Balaban J connectivity index is 1.65. The van der Waals surface area contributed by atoms with E-state index in [0.717, 1.165) is 11.8 Å². The van der Waals surface area contributed by atoms with E-state index >= 15 is 0 Å². The fraction of sp³-hybridized carbons (Fsp3) is 0. The van der Waals surface area contributed by atoms with Crippen molar-refractivity contribution in [1.82, 2.24) is 20.5 Å². The van der Waals surface area contributed by atoms with Crippen LogP contribution in [0.25, 0.3) is 17.1 Å². The second kappa shape index (κ2) is 7.78. The van der Waals surface area contributed by atoms with Crippen molar-refractivity contribution in [2.75, 3.05) is 0 Å². The first-order chi connectivity index (χ1) is 13.9. The Hall–Kier alpha value is -3.01. The van der Waals surface area contributed by atoms with E-state index < -0.39 is 11.8 Å². The van der Waals surface area contributed by atoms with E-state index in [9.17, 15) is 9.59 Å². The summed E-state index contributed by atoms with van der Waals surface area (Å²) in [6.45, 7) is 0. The number of hydrogen-bond acceptors (Lipinski definition) is 7. The molecule has 0 unspecified atom stereocenters. The number of carbonyl (C=O) groups excluding carboxylic acids is 1. The second-order valence-corrected chi connectivity index (χ2v) is 7.59. The minimum atomic E-state index is -1.27. The van der Waals surface area contributed by atoms with E-state index in [1.54, 1.807) is 42.5 Å². The van der Waals surface area contributed by atoms with Crippen LogP contribution in [0.4, 0.5) is 5.69 Å². The van der Waals surface area contributed by atoms with Crippen LogP contribution in [0.1, 0.15) is 16.2 Å². The topological polar surface area (TPSA) is 117 Å². The van der Waals surface area contributed by atoms with Gasteiger partial charge in [0.2, 0.25) is 0 Å². The zero-order valence-corrected chi connectivity index (χ0v) is 16.6. The van der Waals surface area contributed by atoms with Gasteiger partial charge in [-0.2, -0.15) is 0 Å². The highest BCUT2D eigenvalue weighted by atomic mass is 35.5. The van der Waals surface area contributed by atoms with Crippen LogP contribution in [0.3, 0.4) is 0 Å². The summed E-state index contributed by atoms with van der Waals surface area (Å²) in [4.78, 5) is 32.0. The van der Waals surface area contributed by atoms with Gasteiger partial charge in [-0.15, -0.1) is 10.2 Å². The second-order valence-electron chi connectivity index (χ2n) is 5.74. The molecule has 8 nitrogen and oxygen atoms in total. The molecular weight excluding hydrogens is 437 g/mol. The minimum absolute atomic E-state index is 0.330. The average molecular weight is 446 g/mol. The molecule has 1 aromatic heterocycles. The lowest BCUT2D eigenvalue weighted by atomic mass is 10.2.